The Hall–Kier alpha value is -2.40. The van der Waals surface area contributed by atoms with Crippen LogP contribution >= 0.6 is 0 Å². The third-order valence-corrected chi connectivity index (χ3v) is 7.70. The molecule has 5 rings (SSSR count). The van der Waals surface area contributed by atoms with Crippen LogP contribution < -0.4 is 0 Å². The average Bonchev–Trinajstić information content (AvgIpc) is 3.52. The first-order valence-corrected chi connectivity index (χ1v) is 12.3. The van der Waals surface area contributed by atoms with Crippen molar-refractivity contribution in [2.45, 2.75) is 52.9 Å². The van der Waals surface area contributed by atoms with Crippen LogP contribution in [0.2, 0.25) is 0 Å². The molecule has 0 radical (unpaired) electrons. The number of aromatic amines is 1. The van der Waals surface area contributed by atoms with Crippen molar-refractivity contribution >= 4 is 10.9 Å². The standard InChI is InChI=1S/C27H36N4O/c1-18(2)24-13-20(19(3)12-22(24)17-31-10-6-7-11-31)14-26-29-30-27(32-26)15-21-16-28-25-9-5-4-8-23(21)25/h4-5,8-9,12,16,18,20,22,24,28H,6-7,10-11,13-15,17H2,1-3H3/t20-,22-,24-/m0/s1. The highest BCUT2D eigenvalue weighted by atomic mass is 16.4. The van der Waals surface area contributed by atoms with Gasteiger partial charge < -0.3 is 14.3 Å². The zero-order valence-electron chi connectivity index (χ0n) is 19.7. The Morgan fingerprint density at radius 3 is 2.72 bits per heavy atom. The normalized spacial score (nSPS) is 24.5. The van der Waals surface area contributed by atoms with Gasteiger partial charge in [-0.05, 0) is 74.6 Å². The van der Waals surface area contributed by atoms with Crippen LogP contribution in [0.25, 0.3) is 10.9 Å². The lowest BCUT2D eigenvalue weighted by Crippen LogP contribution is -2.36. The molecule has 0 bridgehead atoms. The first kappa shape index (κ1) is 21.4. The lowest BCUT2D eigenvalue weighted by atomic mass is 9.69. The van der Waals surface area contributed by atoms with Gasteiger partial charge in [0.25, 0.3) is 0 Å². The smallest absolute Gasteiger partial charge is 0.221 e. The molecule has 0 unspecified atom stereocenters. The zero-order chi connectivity index (χ0) is 22.1. The second-order valence-corrected chi connectivity index (χ2v) is 10.3. The number of aromatic nitrogens is 3. The highest BCUT2D eigenvalue weighted by Gasteiger charge is 2.33. The maximum Gasteiger partial charge on any atom is 0.221 e. The number of nitrogens with one attached hydrogen (secondary N) is 1. The van der Waals surface area contributed by atoms with Crippen molar-refractivity contribution in [3.8, 4) is 0 Å². The molecule has 32 heavy (non-hydrogen) atoms. The minimum absolute atomic E-state index is 0.499. The predicted molar refractivity (Wildman–Crippen MR) is 128 cm³/mol. The number of rotatable bonds is 7. The molecule has 1 N–H and O–H groups in total. The van der Waals surface area contributed by atoms with E-state index in [4.69, 9.17) is 4.42 Å². The van der Waals surface area contributed by atoms with Gasteiger partial charge in [-0.2, -0.15) is 0 Å². The van der Waals surface area contributed by atoms with Crippen molar-refractivity contribution in [2.75, 3.05) is 19.6 Å². The Bertz CT molecular complexity index is 1070. The van der Waals surface area contributed by atoms with E-state index in [9.17, 15) is 0 Å². The second-order valence-electron chi connectivity index (χ2n) is 10.3. The number of H-pyrrole nitrogens is 1. The molecule has 2 aromatic heterocycles. The van der Waals surface area contributed by atoms with Gasteiger partial charge in [-0.3, -0.25) is 0 Å². The second kappa shape index (κ2) is 9.22. The van der Waals surface area contributed by atoms with Crippen LogP contribution in [0.4, 0.5) is 0 Å². The fraction of sp³-hybridized carbons (Fsp3) is 0.556. The van der Waals surface area contributed by atoms with Crippen molar-refractivity contribution in [1.82, 2.24) is 20.1 Å². The predicted octanol–water partition coefficient (Wildman–Crippen LogP) is 5.63. The van der Waals surface area contributed by atoms with Crippen LogP contribution in [0.1, 0.15) is 57.4 Å². The molecule has 1 aliphatic heterocycles. The maximum atomic E-state index is 6.12. The molecular formula is C27H36N4O. The van der Waals surface area contributed by atoms with Gasteiger partial charge in [0, 0.05) is 30.1 Å². The Kier molecular flexibility index (Phi) is 6.18. The van der Waals surface area contributed by atoms with Crippen LogP contribution in [-0.2, 0) is 12.8 Å². The molecule has 5 nitrogen and oxygen atoms in total. The molecule has 1 fully saturated rings. The van der Waals surface area contributed by atoms with Crippen molar-refractivity contribution in [3.63, 3.8) is 0 Å². The molecule has 2 aliphatic rings. The van der Waals surface area contributed by atoms with E-state index in [1.54, 1.807) is 0 Å². The lowest BCUT2D eigenvalue weighted by Gasteiger charge is -2.38. The Labute approximate surface area is 191 Å². The van der Waals surface area contributed by atoms with Crippen LogP contribution in [0.3, 0.4) is 0 Å². The summed E-state index contributed by atoms with van der Waals surface area (Å²) in [5.74, 6) is 4.06. The van der Waals surface area contributed by atoms with Gasteiger partial charge in [0.2, 0.25) is 11.8 Å². The fourth-order valence-corrected chi connectivity index (χ4v) is 5.84. The zero-order valence-corrected chi connectivity index (χ0v) is 19.7. The number of nitrogens with zero attached hydrogens (tertiary/aromatic N) is 3. The van der Waals surface area contributed by atoms with E-state index in [1.165, 1.54) is 55.4 Å². The first-order chi connectivity index (χ1) is 15.6. The highest BCUT2D eigenvalue weighted by Crippen LogP contribution is 2.39. The molecule has 0 saturated carbocycles. The van der Waals surface area contributed by atoms with E-state index in [0.29, 0.717) is 30.1 Å². The Morgan fingerprint density at radius 1 is 1.12 bits per heavy atom. The van der Waals surface area contributed by atoms with Gasteiger partial charge in [-0.1, -0.05) is 43.7 Å². The molecule has 1 aromatic carbocycles. The quantitative estimate of drug-likeness (QED) is 0.491. The number of fused-ring (bicyclic) bond motifs is 1. The van der Waals surface area contributed by atoms with Gasteiger partial charge in [0.1, 0.15) is 0 Å². The number of allylic oxidation sites excluding steroid dienone is 1. The summed E-state index contributed by atoms with van der Waals surface area (Å²) in [4.78, 5) is 6.00. The van der Waals surface area contributed by atoms with Crippen LogP contribution in [0.15, 0.2) is 46.5 Å². The molecular weight excluding hydrogens is 396 g/mol. The van der Waals surface area contributed by atoms with E-state index >= 15 is 0 Å². The number of likely N-dealkylation sites (tertiary alicyclic amines) is 1. The minimum atomic E-state index is 0.499. The molecule has 3 atom stereocenters. The largest absolute Gasteiger partial charge is 0.425 e. The monoisotopic (exact) mass is 432 g/mol. The van der Waals surface area contributed by atoms with Gasteiger partial charge in [-0.25, -0.2) is 0 Å². The molecule has 0 amide bonds. The minimum Gasteiger partial charge on any atom is -0.425 e. The number of hydrogen-bond donors (Lipinski definition) is 1. The Morgan fingerprint density at radius 2 is 1.91 bits per heavy atom. The van der Waals surface area contributed by atoms with Crippen molar-refractivity contribution in [3.05, 3.63) is 59.5 Å². The van der Waals surface area contributed by atoms with Gasteiger partial charge in [0.05, 0.1) is 6.42 Å². The summed E-state index contributed by atoms with van der Waals surface area (Å²) in [6, 6.07) is 8.35. The van der Waals surface area contributed by atoms with E-state index < -0.39 is 0 Å². The lowest BCUT2D eigenvalue weighted by molar-refractivity contribution is 0.175. The summed E-state index contributed by atoms with van der Waals surface area (Å²) >= 11 is 0. The third-order valence-electron chi connectivity index (χ3n) is 7.70. The SMILES string of the molecule is CC1=C[C@@H](CN2CCCC2)[C@H](C(C)C)C[C@H]1Cc1nnc(Cc2c[nH]c3ccccc23)o1. The summed E-state index contributed by atoms with van der Waals surface area (Å²) in [5.41, 5.74) is 3.85. The summed E-state index contributed by atoms with van der Waals surface area (Å²) < 4.78 is 6.12. The number of hydrogen-bond acceptors (Lipinski definition) is 4. The van der Waals surface area contributed by atoms with Crippen LogP contribution in [-0.4, -0.2) is 39.7 Å². The maximum absolute atomic E-state index is 6.12. The summed E-state index contributed by atoms with van der Waals surface area (Å²) in [7, 11) is 0. The van der Waals surface area contributed by atoms with Gasteiger partial charge >= 0.3 is 0 Å². The number of para-hydroxylation sites is 1. The fourth-order valence-electron chi connectivity index (χ4n) is 5.84. The van der Waals surface area contributed by atoms with E-state index in [2.05, 4.69) is 71.3 Å². The summed E-state index contributed by atoms with van der Waals surface area (Å²) in [6.07, 6.45) is 10.1. The van der Waals surface area contributed by atoms with Crippen molar-refractivity contribution in [1.29, 1.82) is 0 Å². The van der Waals surface area contributed by atoms with E-state index in [-0.39, 0.29) is 0 Å². The van der Waals surface area contributed by atoms with Crippen molar-refractivity contribution in [2.24, 2.45) is 23.7 Å². The molecule has 1 saturated heterocycles. The van der Waals surface area contributed by atoms with Crippen LogP contribution in [0, 0.1) is 23.7 Å². The third kappa shape index (κ3) is 4.54. The molecule has 0 spiro atoms. The molecule has 1 aliphatic carbocycles. The van der Waals surface area contributed by atoms with Crippen LogP contribution in [0.5, 0.6) is 0 Å². The van der Waals surface area contributed by atoms with Gasteiger partial charge in [0.15, 0.2) is 0 Å². The topological polar surface area (TPSA) is 58.0 Å². The van der Waals surface area contributed by atoms with Crippen molar-refractivity contribution < 1.29 is 4.42 Å². The first-order valence-electron chi connectivity index (χ1n) is 12.3. The summed E-state index contributed by atoms with van der Waals surface area (Å²) in [5, 5.41) is 10.0. The molecule has 3 heterocycles. The molecule has 3 aromatic rings. The molecule has 5 heteroatoms. The molecule has 170 valence electrons. The number of benzene rings is 1. The van der Waals surface area contributed by atoms with E-state index in [1.807, 2.05) is 6.07 Å². The highest BCUT2D eigenvalue weighted by molar-refractivity contribution is 5.83. The Balaban J connectivity index is 1.27. The van der Waals surface area contributed by atoms with E-state index in [0.717, 1.165) is 23.7 Å². The average molecular weight is 433 g/mol. The van der Waals surface area contributed by atoms with Gasteiger partial charge in [-0.15, -0.1) is 10.2 Å². The summed E-state index contributed by atoms with van der Waals surface area (Å²) in [6.45, 7) is 10.9.